The first-order chi connectivity index (χ1) is 10.1. The predicted molar refractivity (Wildman–Crippen MR) is 92.8 cm³/mol. The molecular formula is C20H33N. The summed E-state index contributed by atoms with van der Waals surface area (Å²) >= 11 is 0. The van der Waals surface area contributed by atoms with E-state index in [-0.39, 0.29) is 0 Å². The van der Waals surface area contributed by atoms with Crippen molar-refractivity contribution < 1.29 is 0 Å². The number of aryl methyl sites for hydroxylation is 1. The zero-order chi connectivity index (χ0) is 15.2. The lowest BCUT2D eigenvalue weighted by molar-refractivity contribution is 0.240. The van der Waals surface area contributed by atoms with Crippen LogP contribution in [0.15, 0.2) is 24.3 Å². The van der Waals surface area contributed by atoms with E-state index in [0.29, 0.717) is 0 Å². The molecule has 0 aliphatic heterocycles. The molecule has 0 bridgehead atoms. The lowest BCUT2D eigenvalue weighted by Gasteiger charge is -2.35. The van der Waals surface area contributed by atoms with E-state index < -0.39 is 0 Å². The van der Waals surface area contributed by atoms with Crippen molar-refractivity contribution in [1.29, 1.82) is 0 Å². The van der Waals surface area contributed by atoms with Crippen LogP contribution in [-0.2, 0) is 6.42 Å². The van der Waals surface area contributed by atoms with Crippen LogP contribution in [0.3, 0.4) is 0 Å². The predicted octanol–water partition coefficient (Wildman–Crippen LogP) is 5.01. The third kappa shape index (κ3) is 4.85. The van der Waals surface area contributed by atoms with Gasteiger partial charge < -0.3 is 5.32 Å². The zero-order valence-electron chi connectivity index (χ0n) is 14.4. The summed E-state index contributed by atoms with van der Waals surface area (Å²) in [6.45, 7) is 11.6. The summed E-state index contributed by atoms with van der Waals surface area (Å²) in [5.41, 5.74) is 3.02. The van der Waals surface area contributed by atoms with Gasteiger partial charge in [0.25, 0.3) is 0 Å². The average Bonchev–Trinajstić information content (AvgIpc) is 2.48. The molecule has 0 spiro atoms. The number of rotatable bonds is 6. The molecule has 118 valence electrons. The highest BCUT2D eigenvalue weighted by molar-refractivity contribution is 5.26. The molecule has 1 N–H and O–H groups in total. The van der Waals surface area contributed by atoms with Gasteiger partial charge in [-0.05, 0) is 67.2 Å². The summed E-state index contributed by atoms with van der Waals surface area (Å²) in [6.07, 6.45) is 5.28. The summed E-state index contributed by atoms with van der Waals surface area (Å²) in [5, 5.41) is 3.69. The van der Waals surface area contributed by atoms with E-state index in [2.05, 4.69) is 57.3 Å². The fourth-order valence-electron chi connectivity index (χ4n) is 3.65. The molecule has 1 nitrogen and oxygen atoms in total. The summed E-state index contributed by atoms with van der Waals surface area (Å²) in [6, 6.07) is 9.42. The van der Waals surface area contributed by atoms with Gasteiger partial charge in [-0.1, -0.05) is 58.4 Å². The standard InChI is InChI=1S/C20H33N/c1-5-17-7-10-18(11-8-17)20-12-16(4)6-9-19(20)14-21-13-15(2)3/h7-8,10-11,15-16,19-21H,5-6,9,12-14H2,1-4H3. The first kappa shape index (κ1) is 16.5. The molecule has 3 unspecified atom stereocenters. The van der Waals surface area contributed by atoms with Crippen molar-refractivity contribution in [2.45, 2.75) is 59.3 Å². The van der Waals surface area contributed by atoms with E-state index in [1.807, 2.05) is 0 Å². The first-order valence-electron chi connectivity index (χ1n) is 8.89. The highest BCUT2D eigenvalue weighted by atomic mass is 14.9. The van der Waals surface area contributed by atoms with Crippen LogP contribution in [-0.4, -0.2) is 13.1 Å². The third-order valence-corrected chi connectivity index (χ3v) is 5.03. The van der Waals surface area contributed by atoms with Gasteiger partial charge >= 0.3 is 0 Å². The van der Waals surface area contributed by atoms with Gasteiger partial charge in [0.05, 0.1) is 0 Å². The Morgan fingerprint density at radius 3 is 2.48 bits per heavy atom. The lowest BCUT2D eigenvalue weighted by atomic mass is 9.71. The smallest absolute Gasteiger partial charge is 0.00146 e. The van der Waals surface area contributed by atoms with Gasteiger partial charge in [-0.2, -0.15) is 0 Å². The molecule has 1 heteroatoms. The minimum atomic E-state index is 0.745. The zero-order valence-corrected chi connectivity index (χ0v) is 14.4. The molecule has 3 atom stereocenters. The molecule has 1 aromatic rings. The van der Waals surface area contributed by atoms with Gasteiger partial charge in [-0.15, -0.1) is 0 Å². The molecule has 1 fully saturated rings. The van der Waals surface area contributed by atoms with Gasteiger partial charge in [0, 0.05) is 0 Å². The van der Waals surface area contributed by atoms with Crippen LogP contribution in [0, 0.1) is 17.8 Å². The second-order valence-corrected chi connectivity index (χ2v) is 7.43. The Bertz CT molecular complexity index is 406. The van der Waals surface area contributed by atoms with E-state index in [0.717, 1.165) is 36.6 Å². The Balaban J connectivity index is 2.03. The lowest BCUT2D eigenvalue weighted by Crippen LogP contribution is -2.33. The van der Waals surface area contributed by atoms with Crippen molar-refractivity contribution in [1.82, 2.24) is 5.32 Å². The first-order valence-corrected chi connectivity index (χ1v) is 8.89. The van der Waals surface area contributed by atoms with Gasteiger partial charge in [0.15, 0.2) is 0 Å². The highest BCUT2D eigenvalue weighted by Gasteiger charge is 2.29. The van der Waals surface area contributed by atoms with E-state index in [4.69, 9.17) is 0 Å². The quantitative estimate of drug-likeness (QED) is 0.775. The molecule has 21 heavy (non-hydrogen) atoms. The Labute approximate surface area is 131 Å². The van der Waals surface area contributed by atoms with Gasteiger partial charge in [-0.25, -0.2) is 0 Å². The summed E-state index contributed by atoms with van der Waals surface area (Å²) in [5.74, 6) is 3.18. The third-order valence-electron chi connectivity index (χ3n) is 5.03. The van der Waals surface area contributed by atoms with Crippen molar-refractivity contribution in [2.75, 3.05) is 13.1 Å². The largest absolute Gasteiger partial charge is 0.316 e. The van der Waals surface area contributed by atoms with Gasteiger partial charge in [0.1, 0.15) is 0 Å². The van der Waals surface area contributed by atoms with Crippen molar-refractivity contribution in [3.05, 3.63) is 35.4 Å². The summed E-state index contributed by atoms with van der Waals surface area (Å²) in [7, 11) is 0. The Hall–Kier alpha value is -0.820. The van der Waals surface area contributed by atoms with Gasteiger partial charge in [-0.3, -0.25) is 0 Å². The van der Waals surface area contributed by atoms with E-state index in [1.165, 1.54) is 31.4 Å². The van der Waals surface area contributed by atoms with Crippen LogP contribution >= 0.6 is 0 Å². The Morgan fingerprint density at radius 2 is 1.86 bits per heavy atom. The molecule has 0 radical (unpaired) electrons. The van der Waals surface area contributed by atoms with Crippen molar-refractivity contribution in [3.8, 4) is 0 Å². The monoisotopic (exact) mass is 287 g/mol. The van der Waals surface area contributed by atoms with Crippen LogP contribution in [0.5, 0.6) is 0 Å². The van der Waals surface area contributed by atoms with Crippen LogP contribution in [0.1, 0.15) is 64.0 Å². The fraction of sp³-hybridized carbons (Fsp3) is 0.700. The van der Waals surface area contributed by atoms with Crippen LogP contribution in [0.25, 0.3) is 0 Å². The van der Waals surface area contributed by atoms with Crippen LogP contribution in [0.2, 0.25) is 0 Å². The normalized spacial score (nSPS) is 26.2. The maximum absolute atomic E-state index is 3.69. The highest BCUT2D eigenvalue weighted by Crippen LogP contribution is 2.40. The molecule has 1 aromatic carbocycles. The number of nitrogens with one attached hydrogen (secondary N) is 1. The maximum atomic E-state index is 3.69. The number of hydrogen-bond donors (Lipinski definition) is 1. The molecule has 2 rings (SSSR count). The molecule has 0 amide bonds. The Kier molecular flexibility index (Phi) is 6.29. The minimum Gasteiger partial charge on any atom is -0.316 e. The topological polar surface area (TPSA) is 12.0 Å². The van der Waals surface area contributed by atoms with E-state index in [9.17, 15) is 0 Å². The fourth-order valence-corrected chi connectivity index (χ4v) is 3.65. The second-order valence-electron chi connectivity index (χ2n) is 7.43. The minimum absolute atomic E-state index is 0.745. The average molecular weight is 287 g/mol. The van der Waals surface area contributed by atoms with Crippen molar-refractivity contribution in [3.63, 3.8) is 0 Å². The number of benzene rings is 1. The SMILES string of the molecule is CCc1ccc(C2CC(C)CCC2CNCC(C)C)cc1. The molecule has 1 aliphatic carbocycles. The molecule has 0 heterocycles. The van der Waals surface area contributed by atoms with Crippen LogP contribution in [0.4, 0.5) is 0 Å². The molecule has 0 saturated heterocycles. The Morgan fingerprint density at radius 1 is 1.14 bits per heavy atom. The van der Waals surface area contributed by atoms with E-state index in [1.54, 1.807) is 5.56 Å². The molecule has 1 saturated carbocycles. The number of hydrogen-bond acceptors (Lipinski definition) is 1. The van der Waals surface area contributed by atoms with Crippen molar-refractivity contribution in [2.24, 2.45) is 17.8 Å². The summed E-state index contributed by atoms with van der Waals surface area (Å²) < 4.78 is 0. The van der Waals surface area contributed by atoms with Gasteiger partial charge in [0.2, 0.25) is 0 Å². The van der Waals surface area contributed by atoms with Crippen LogP contribution < -0.4 is 5.32 Å². The van der Waals surface area contributed by atoms with E-state index >= 15 is 0 Å². The molecule has 0 aromatic heterocycles. The molecule has 1 aliphatic rings. The van der Waals surface area contributed by atoms with Crippen molar-refractivity contribution >= 4 is 0 Å². The maximum Gasteiger partial charge on any atom is -0.00146 e. The second kappa shape index (κ2) is 7.98. The summed E-state index contributed by atoms with van der Waals surface area (Å²) in [4.78, 5) is 0. The molecular weight excluding hydrogens is 254 g/mol.